The van der Waals surface area contributed by atoms with Crippen molar-refractivity contribution in [3.8, 4) is 0 Å². The van der Waals surface area contributed by atoms with Crippen LogP contribution in [0, 0.1) is 0 Å². The predicted octanol–water partition coefficient (Wildman–Crippen LogP) is -0.823. The Balaban J connectivity index is 2.51. The highest BCUT2D eigenvalue weighted by Gasteiger charge is 1.96. The molecule has 0 aromatic rings. The zero-order valence-corrected chi connectivity index (χ0v) is 3.77. The van der Waals surface area contributed by atoms with Gasteiger partial charge in [-0.05, 0) is 6.08 Å². The van der Waals surface area contributed by atoms with Crippen LogP contribution < -0.4 is 10.9 Å². The molecule has 0 saturated heterocycles. The van der Waals surface area contributed by atoms with E-state index >= 15 is 0 Å². The molecular formula is C4H6N2O. The van der Waals surface area contributed by atoms with Crippen molar-refractivity contribution >= 4 is 6.29 Å². The average Bonchev–Trinajstić information content (AvgIpc) is 2.14. The van der Waals surface area contributed by atoms with Crippen molar-refractivity contribution in [2.75, 3.05) is 6.54 Å². The third-order valence-electron chi connectivity index (χ3n) is 0.784. The molecule has 1 heterocycles. The summed E-state index contributed by atoms with van der Waals surface area (Å²) in [4.78, 5) is 9.84. The Morgan fingerprint density at radius 3 is 3.00 bits per heavy atom. The molecule has 3 heteroatoms. The molecular weight excluding hydrogens is 92.1 g/mol. The Hall–Kier alpha value is -0.830. The fourth-order valence-electron chi connectivity index (χ4n) is 0.443. The lowest BCUT2D eigenvalue weighted by Gasteiger charge is -1.90. The van der Waals surface area contributed by atoms with Crippen molar-refractivity contribution in [2.24, 2.45) is 0 Å². The first-order valence-corrected chi connectivity index (χ1v) is 2.07. The van der Waals surface area contributed by atoms with Gasteiger partial charge in [-0.1, -0.05) is 0 Å². The minimum absolute atomic E-state index is 0.625. The average molecular weight is 98.1 g/mol. The van der Waals surface area contributed by atoms with Crippen molar-refractivity contribution in [1.82, 2.24) is 10.9 Å². The summed E-state index contributed by atoms with van der Waals surface area (Å²) in [5, 5.41) is 0. The monoisotopic (exact) mass is 98.0 g/mol. The predicted molar refractivity (Wildman–Crippen MR) is 25.3 cm³/mol. The van der Waals surface area contributed by atoms with Crippen LogP contribution in [0.15, 0.2) is 11.8 Å². The van der Waals surface area contributed by atoms with E-state index in [1.54, 1.807) is 6.08 Å². The van der Waals surface area contributed by atoms with Crippen LogP contribution in [0.5, 0.6) is 0 Å². The van der Waals surface area contributed by atoms with Gasteiger partial charge in [-0.25, -0.2) is 5.43 Å². The maximum absolute atomic E-state index is 9.84. The molecule has 0 aromatic carbocycles. The number of carbonyl (C=O) groups is 1. The Labute approximate surface area is 41.4 Å². The smallest absolute Gasteiger partial charge is 0.166 e. The Morgan fingerprint density at radius 1 is 1.86 bits per heavy atom. The van der Waals surface area contributed by atoms with E-state index in [2.05, 4.69) is 10.9 Å². The second-order valence-corrected chi connectivity index (χ2v) is 1.28. The lowest BCUT2D eigenvalue weighted by Crippen LogP contribution is -2.23. The molecule has 1 rings (SSSR count). The zero-order chi connectivity index (χ0) is 5.11. The van der Waals surface area contributed by atoms with E-state index in [1.807, 2.05) is 0 Å². The molecule has 1 aliphatic heterocycles. The number of aldehydes is 1. The van der Waals surface area contributed by atoms with Gasteiger partial charge in [0.15, 0.2) is 6.29 Å². The van der Waals surface area contributed by atoms with E-state index in [0.717, 1.165) is 12.8 Å². The van der Waals surface area contributed by atoms with Crippen LogP contribution in [0.25, 0.3) is 0 Å². The number of hydrazine groups is 1. The summed E-state index contributed by atoms with van der Waals surface area (Å²) < 4.78 is 0. The van der Waals surface area contributed by atoms with Gasteiger partial charge in [0.25, 0.3) is 0 Å². The van der Waals surface area contributed by atoms with Gasteiger partial charge in [0.05, 0.1) is 5.70 Å². The summed E-state index contributed by atoms with van der Waals surface area (Å²) in [7, 11) is 0. The van der Waals surface area contributed by atoms with Crippen molar-refractivity contribution in [3.63, 3.8) is 0 Å². The molecule has 2 N–H and O–H groups in total. The van der Waals surface area contributed by atoms with Crippen LogP contribution in [0.1, 0.15) is 0 Å². The molecule has 0 spiro atoms. The molecule has 0 atom stereocenters. The molecule has 0 bridgehead atoms. The van der Waals surface area contributed by atoms with Crippen molar-refractivity contribution in [2.45, 2.75) is 0 Å². The van der Waals surface area contributed by atoms with E-state index in [4.69, 9.17) is 0 Å². The van der Waals surface area contributed by atoms with Gasteiger partial charge >= 0.3 is 0 Å². The van der Waals surface area contributed by atoms with Gasteiger partial charge in [0, 0.05) is 6.54 Å². The van der Waals surface area contributed by atoms with E-state index < -0.39 is 0 Å². The Morgan fingerprint density at radius 2 is 2.71 bits per heavy atom. The quantitative estimate of drug-likeness (QED) is 0.421. The van der Waals surface area contributed by atoms with Crippen LogP contribution in [-0.2, 0) is 4.79 Å². The molecule has 0 amide bonds. The lowest BCUT2D eigenvalue weighted by molar-refractivity contribution is -0.105. The van der Waals surface area contributed by atoms with Crippen LogP contribution in [-0.4, -0.2) is 12.8 Å². The highest BCUT2D eigenvalue weighted by molar-refractivity contribution is 5.72. The number of carbonyl (C=O) groups excluding carboxylic acids is 1. The van der Waals surface area contributed by atoms with Crippen molar-refractivity contribution in [3.05, 3.63) is 11.8 Å². The summed E-state index contributed by atoms with van der Waals surface area (Å²) in [5.41, 5.74) is 6.02. The normalized spacial score (nSPS) is 18.0. The number of hydrogen-bond acceptors (Lipinski definition) is 3. The molecule has 0 fully saturated rings. The summed E-state index contributed by atoms with van der Waals surface area (Å²) in [6.07, 6.45) is 2.56. The van der Waals surface area contributed by atoms with Gasteiger partial charge in [0.1, 0.15) is 0 Å². The van der Waals surface area contributed by atoms with Crippen LogP contribution in [0.4, 0.5) is 0 Å². The fourth-order valence-corrected chi connectivity index (χ4v) is 0.443. The Kier molecular flexibility index (Phi) is 1.08. The first kappa shape index (κ1) is 4.33. The fraction of sp³-hybridized carbons (Fsp3) is 0.250. The van der Waals surface area contributed by atoms with E-state index in [-0.39, 0.29) is 0 Å². The van der Waals surface area contributed by atoms with E-state index in [1.165, 1.54) is 0 Å². The van der Waals surface area contributed by atoms with Crippen molar-refractivity contribution in [1.29, 1.82) is 0 Å². The highest BCUT2D eigenvalue weighted by Crippen LogP contribution is 1.84. The SMILES string of the molecule is O=CC1=CCNN1. The van der Waals surface area contributed by atoms with E-state index in [9.17, 15) is 4.79 Å². The van der Waals surface area contributed by atoms with Gasteiger partial charge < -0.3 is 5.43 Å². The van der Waals surface area contributed by atoms with Gasteiger partial charge in [-0.2, -0.15) is 0 Å². The standard InChI is InChI=1S/C4H6N2O/c7-3-4-1-2-5-6-4/h1,3,5-6H,2H2. The summed E-state index contributed by atoms with van der Waals surface area (Å²) in [5.74, 6) is 0. The second kappa shape index (κ2) is 1.75. The van der Waals surface area contributed by atoms with Gasteiger partial charge in [0.2, 0.25) is 0 Å². The van der Waals surface area contributed by atoms with Gasteiger partial charge in [-0.15, -0.1) is 0 Å². The summed E-state index contributed by atoms with van der Waals surface area (Å²) in [6, 6.07) is 0. The molecule has 38 valence electrons. The molecule has 1 aliphatic rings. The Bertz CT molecular complexity index is 108. The maximum Gasteiger partial charge on any atom is 0.166 e. The number of rotatable bonds is 1. The van der Waals surface area contributed by atoms with Crippen LogP contribution in [0.2, 0.25) is 0 Å². The number of allylic oxidation sites excluding steroid dienone is 1. The largest absolute Gasteiger partial charge is 0.318 e. The molecule has 0 unspecified atom stereocenters. The molecule has 3 nitrogen and oxygen atoms in total. The van der Waals surface area contributed by atoms with E-state index in [0.29, 0.717) is 5.70 Å². The third-order valence-corrected chi connectivity index (χ3v) is 0.784. The molecule has 0 radical (unpaired) electrons. The van der Waals surface area contributed by atoms with Gasteiger partial charge in [-0.3, -0.25) is 4.79 Å². The minimum Gasteiger partial charge on any atom is -0.318 e. The highest BCUT2D eigenvalue weighted by atomic mass is 16.1. The lowest BCUT2D eigenvalue weighted by atomic mass is 10.5. The first-order valence-electron chi connectivity index (χ1n) is 2.07. The summed E-state index contributed by atoms with van der Waals surface area (Å²) >= 11 is 0. The summed E-state index contributed by atoms with van der Waals surface area (Å²) in [6.45, 7) is 0.744. The number of hydrogen-bond donors (Lipinski definition) is 2. The number of nitrogens with one attached hydrogen (secondary N) is 2. The van der Waals surface area contributed by atoms with Crippen LogP contribution >= 0.6 is 0 Å². The maximum atomic E-state index is 9.84. The minimum atomic E-state index is 0.625. The molecule has 0 aromatic heterocycles. The van der Waals surface area contributed by atoms with Crippen molar-refractivity contribution < 1.29 is 4.79 Å². The zero-order valence-electron chi connectivity index (χ0n) is 3.77. The second-order valence-electron chi connectivity index (χ2n) is 1.28. The first-order chi connectivity index (χ1) is 3.43. The van der Waals surface area contributed by atoms with Crippen LogP contribution in [0.3, 0.4) is 0 Å². The molecule has 0 saturated carbocycles. The molecule has 0 aliphatic carbocycles. The topological polar surface area (TPSA) is 41.1 Å². The molecule has 7 heavy (non-hydrogen) atoms. The third kappa shape index (κ3) is 0.778.